The predicted molar refractivity (Wildman–Crippen MR) is 161 cm³/mol. The first-order valence-corrected chi connectivity index (χ1v) is 15.6. The number of rotatable bonds is 9. The van der Waals surface area contributed by atoms with Gasteiger partial charge in [-0.2, -0.15) is 9.97 Å². The Balaban J connectivity index is 1.23. The molecular weight excluding hydrogens is 545 g/mol. The van der Waals surface area contributed by atoms with Gasteiger partial charge in [-0.3, -0.25) is 4.31 Å². The zero-order valence-electron chi connectivity index (χ0n) is 22.8. The topological polar surface area (TPSA) is 144 Å². The molecule has 2 aliphatic heterocycles. The highest BCUT2D eigenvalue weighted by Gasteiger charge is 2.29. The van der Waals surface area contributed by atoms with Gasteiger partial charge in [-0.15, -0.1) is 0 Å². The highest BCUT2D eigenvalue weighted by atomic mass is 32.2. The molecule has 4 aromatic rings. The van der Waals surface area contributed by atoms with E-state index >= 15 is 4.39 Å². The molecule has 0 aliphatic carbocycles. The number of fused-ring (bicyclic) bond motifs is 2. The molecule has 0 atom stereocenters. The van der Waals surface area contributed by atoms with Crippen LogP contribution < -0.4 is 30.9 Å². The van der Waals surface area contributed by atoms with Crippen molar-refractivity contribution in [1.82, 2.24) is 20.3 Å². The number of halogens is 1. The summed E-state index contributed by atoms with van der Waals surface area (Å²) in [6.45, 7) is 3.34. The second-order valence-corrected chi connectivity index (χ2v) is 12.4. The average Bonchev–Trinajstić information content (AvgIpc) is 3.61. The van der Waals surface area contributed by atoms with Crippen molar-refractivity contribution in [2.24, 2.45) is 5.73 Å². The maximum Gasteiger partial charge on any atom is 0.232 e. The minimum atomic E-state index is -3.44. The molecule has 4 heterocycles. The first kappa shape index (κ1) is 27.2. The van der Waals surface area contributed by atoms with Gasteiger partial charge >= 0.3 is 0 Å². The van der Waals surface area contributed by atoms with Crippen molar-refractivity contribution in [1.29, 1.82) is 0 Å². The lowest BCUT2D eigenvalue weighted by Gasteiger charge is -2.34. The number of nitrogens with two attached hydrogens (primary N) is 1. The molecule has 2 aliphatic rings. The van der Waals surface area contributed by atoms with E-state index in [1.807, 2.05) is 30.3 Å². The largest absolute Gasteiger partial charge is 0.369 e. The second kappa shape index (κ2) is 11.1. The summed E-state index contributed by atoms with van der Waals surface area (Å²) < 4.78 is 41.6. The van der Waals surface area contributed by atoms with Crippen LogP contribution in [0.15, 0.2) is 48.7 Å². The minimum absolute atomic E-state index is 0.272. The Morgan fingerprint density at radius 1 is 1.10 bits per heavy atom. The quantitative estimate of drug-likeness (QED) is 0.201. The molecule has 2 aromatic heterocycles. The number of aromatic nitrogens is 3. The van der Waals surface area contributed by atoms with Crippen LogP contribution in [-0.2, 0) is 16.4 Å². The molecule has 11 nitrogen and oxygen atoms in total. The molecule has 1 fully saturated rings. The van der Waals surface area contributed by atoms with Crippen molar-refractivity contribution >= 4 is 55.6 Å². The lowest BCUT2D eigenvalue weighted by atomic mass is 10.0. The van der Waals surface area contributed by atoms with E-state index < -0.39 is 10.0 Å². The highest BCUT2D eigenvalue weighted by molar-refractivity contribution is 7.92. The minimum Gasteiger partial charge on any atom is -0.369 e. The van der Waals surface area contributed by atoms with Gasteiger partial charge in [0.15, 0.2) is 0 Å². The number of hydrogen-bond donors (Lipinski definition) is 5. The number of aromatic amines is 1. The Bertz CT molecular complexity index is 1670. The fraction of sp³-hybridized carbons (Fsp3) is 0.357. The van der Waals surface area contributed by atoms with Crippen molar-refractivity contribution in [3.63, 3.8) is 0 Å². The molecule has 216 valence electrons. The Morgan fingerprint density at radius 3 is 2.68 bits per heavy atom. The van der Waals surface area contributed by atoms with Crippen LogP contribution in [0, 0.1) is 5.82 Å². The Kier molecular flexibility index (Phi) is 7.41. The number of benzene rings is 2. The number of nitrogens with one attached hydrogen (secondary N) is 4. The lowest BCUT2D eigenvalue weighted by Crippen LogP contribution is -2.44. The molecule has 0 bridgehead atoms. The second-order valence-electron chi connectivity index (χ2n) is 10.5. The van der Waals surface area contributed by atoms with E-state index in [2.05, 4.69) is 35.8 Å². The van der Waals surface area contributed by atoms with Crippen LogP contribution in [0.4, 0.5) is 38.9 Å². The van der Waals surface area contributed by atoms with Gasteiger partial charge in [0.25, 0.3) is 0 Å². The molecule has 0 spiro atoms. The fourth-order valence-corrected chi connectivity index (χ4v) is 6.63. The molecule has 1 saturated heterocycles. The number of anilines is 6. The third-order valence-electron chi connectivity index (χ3n) is 7.64. The van der Waals surface area contributed by atoms with Gasteiger partial charge in [-0.1, -0.05) is 12.1 Å². The Labute approximate surface area is 238 Å². The van der Waals surface area contributed by atoms with E-state index in [1.54, 1.807) is 12.3 Å². The molecule has 0 saturated carbocycles. The maximum atomic E-state index is 15.2. The Morgan fingerprint density at radius 2 is 1.93 bits per heavy atom. The number of nitrogens with zero attached hydrogens (tertiary/aromatic N) is 4. The number of para-hydroxylation sites is 1. The predicted octanol–water partition coefficient (Wildman–Crippen LogP) is 3.42. The van der Waals surface area contributed by atoms with Crippen molar-refractivity contribution in [2.45, 2.75) is 25.3 Å². The van der Waals surface area contributed by atoms with Gasteiger partial charge < -0.3 is 31.6 Å². The number of H-pyrrole nitrogens is 1. The first-order valence-electron chi connectivity index (χ1n) is 13.8. The van der Waals surface area contributed by atoms with E-state index in [-0.39, 0.29) is 11.8 Å². The van der Waals surface area contributed by atoms with Crippen LogP contribution in [0.25, 0.3) is 11.0 Å². The van der Waals surface area contributed by atoms with E-state index in [9.17, 15) is 8.42 Å². The van der Waals surface area contributed by atoms with Crippen LogP contribution in [0.3, 0.4) is 0 Å². The summed E-state index contributed by atoms with van der Waals surface area (Å²) in [6.07, 6.45) is 5.48. The molecule has 6 rings (SSSR count). The third-order valence-corrected chi connectivity index (χ3v) is 8.80. The molecule has 0 amide bonds. The van der Waals surface area contributed by atoms with Crippen LogP contribution in [0.5, 0.6) is 0 Å². The summed E-state index contributed by atoms with van der Waals surface area (Å²) in [4.78, 5) is 14.4. The summed E-state index contributed by atoms with van der Waals surface area (Å²) in [5, 5.41) is 10.6. The summed E-state index contributed by atoms with van der Waals surface area (Å²) in [7, 11) is -3.44. The number of hydrogen-bond acceptors (Lipinski definition) is 9. The first-order chi connectivity index (χ1) is 19.8. The van der Waals surface area contributed by atoms with Crippen LogP contribution in [0.2, 0.25) is 0 Å². The molecule has 41 heavy (non-hydrogen) atoms. The molecule has 2 aromatic carbocycles. The summed E-state index contributed by atoms with van der Waals surface area (Å²) in [5.74, 6) is 0.452. The fourth-order valence-electron chi connectivity index (χ4n) is 5.66. The van der Waals surface area contributed by atoms with Crippen LogP contribution >= 0.6 is 0 Å². The van der Waals surface area contributed by atoms with Crippen molar-refractivity contribution < 1.29 is 12.8 Å². The van der Waals surface area contributed by atoms with Crippen molar-refractivity contribution in [2.75, 3.05) is 58.8 Å². The van der Waals surface area contributed by atoms with Crippen molar-refractivity contribution in [3.05, 3.63) is 60.0 Å². The molecule has 0 unspecified atom stereocenters. The summed E-state index contributed by atoms with van der Waals surface area (Å²) in [5.41, 5.74) is 9.48. The highest BCUT2D eigenvalue weighted by Crippen LogP contribution is 2.39. The standard InChI is InChI=1S/C28H34FN9O2S/c1-41(39,40)38-16-8-18-3-2-4-23(25(18)38)34-27-21-7-12-32-26(21)35-28(36-27)33-20-5-6-24(22(29)17-20)37-14-9-19(10-15-37)31-13-11-30/h2-7,12,17,19,31H,8-11,13-16,30H2,1H3,(H3,32,33,34,35,36). The monoisotopic (exact) mass is 579 g/mol. The molecule has 6 N–H and O–H groups in total. The summed E-state index contributed by atoms with van der Waals surface area (Å²) in [6, 6.07) is 13.0. The van der Waals surface area contributed by atoms with E-state index in [0.29, 0.717) is 59.8 Å². The molecule has 0 radical (unpaired) electrons. The van der Waals surface area contributed by atoms with Gasteiger partial charge in [0.05, 0.1) is 28.7 Å². The zero-order chi connectivity index (χ0) is 28.6. The van der Waals surface area contributed by atoms with Gasteiger partial charge in [-0.25, -0.2) is 12.8 Å². The normalized spacial score (nSPS) is 15.9. The maximum absolute atomic E-state index is 15.2. The van der Waals surface area contributed by atoms with Gasteiger partial charge in [0.2, 0.25) is 16.0 Å². The smallest absolute Gasteiger partial charge is 0.232 e. The van der Waals surface area contributed by atoms with E-state index in [0.717, 1.165) is 43.4 Å². The van der Waals surface area contributed by atoms with Crippen molar-refractivity contribution in [3.8, 4) is 0 Å². The molecular formula is C28H34FN9O2S. The zero-order valence-corrected chi connectivity index (χ0v) is 23.6. The van der Waals surface area contributed by atoms with E-state index in [1.165, 1.54) is 16.6 Å². The SMILES string of the molecule is CS(=O)(=O)N1CCc2cccc(Nc3nc(Nc4ccc(N5CCC(NCCN)CC5)c(F)c4)nc4[nH]ccc34)c21. The average molecular weight is 580 g/mol. The number of sulfonamides is 1. The number of piperidine rings is 1. The van der Waals surface area contributed by atoms with Gasteiger partial charge in [-0.05, 0) is 55.2 Å². The molecule has 13 heteroatoms. The van der Waals surface area contributed by atoms with Gasteiger partial charge in [0, 0.05) is 50.6 Å². The van der Waals surface area contributed by atoms with Gasteiger partial charge in [0.1, 0.15) is 17.3 Å². The Hall–Kier alpha value is -3.94. The summed E-state index contributed by atoms with van der Waals surface area (Å²) >= 11 is 0. The van der Waals surface area contributed by atoms with Crippen LogP contribution in [0.1, 0.15) is 18.4 Å². The third kappa shape index (κ3) is 5.65. The lowest BCUT2D eigenvalue weighted by molar-refractivity contribution is 0.417. The van der Waals surface area contributed by atoms with Crippen LogP contribution in [-0.4, -0.2) is 68.4 Å². The van der Waals surface area contributed by atoms with E-state index in [4.69, 9.17) is 5.73 Å².